The molecule has 0 aliphatic carbocycles. The van der Waals surface area contributed by atoms with E-state index < -0.39 is 0 Å². The van der Waals surface area contributed by atoms with Crippen molar-refractivity contribution in [2.24, 2.45) is 5.16 Å². The zero-order valence-corrected chi connectivity index (χ0v) is 7.85. The van der Waals surface area contributed by atoms with E-state index in [1.54, 1.807) is 6.21 Å². The molecule has 1 aromatic carbocycles. The molecule has 0 unspecified atom stereocenters. The second-order valence-corrected chi connectivity index (χ2v) is 3.07. The Morgan fingerprint density at radius 2 is 2.08 bits per heavy atom. The van der Waals surface area contributed by atoms with Crippen LogP contribution in [0.5, 0.6) is 0 Å². The Balaban J connectivity index is 2.76. The predicted octanol–water partition coefficient (Wildman–Crippen LogP) is 3.03. The minimum atomic E-state index is 0.246. The fourth-order valence-electron chi connectivity index (χ4n) is 1.42. The second-order valence-electron chi connectivity index (χ2n) is 3.07. The fraction of sp³-hybridized carbons (Fsp3) is 0.364. The first-order chi connectivity index (χ1) is 6.38. The maximum Gasteiger partial charge on any atom is 0.0510 e. The first-order valence-electron chi connectivity index (χ1n) is 4.61. The molecule has 0 aliphatic heterocycles. The molecule has 0 heterocycles. The summed E-state index contributed by atoms with van der Waals surface area (Å²) < 4.78 is 0. The van der Waals surface area contributed by atoms with Crippen molar-refractivity contribution < 1.29 is 5.21 Å². The van der Waals surface area contributed by atoms with Gasteiger partial charge in [-0.2, -0.15) is 0 Å². The Bertz CT molecular complexity index is 256. The molecule has 0 amide bonds. The Morgan fingerprint density at radius 1 is 1.38 bits per heavy atom. The van der Waals surface area contributed by atoms with Gasteiger partial charge in [0.15, 0.2) is 0 Å². The maximum absolute atomic E-state index is 8.49. The molecule has 1 rings (SSSR count). The van der Waals surface area contributed by atoms with E-state index in [2.05, 4.69) is 24.2 Å². The Hall–Kier alpha value is -1.31. The van der Waals surface area contributed by atoms with Gasteiger partial charge in [0.2, 0.25) is 0 Å². The highest BCUT2D eigenvalue weighted by Gasteiger charge is 2.06. The van der Waals surface area contributed by atoms with Gasteiger partial charge >= 0.3 is 0 Å². The molecule has 0 bridgehead atoms. The fourth-order valence-corrected chi connectivity index (χ4v) is 1.42. The van der Waals surface area contributed by atoms with E-state index in [1.165, 1.54) is 5.56 Å². The van der Waals surface area contributed by atoms with Crippen LogP contribution in [-0.2, 0) is 0 Å². The monoisotopic (exact) mass is 177 g/mol. The summed E-state index contributed by atoms with van der Waals surface area (Å²) in [7, 11) is 0. The summed E-state index contributed by atoms with van der Waals surface area (Å²) in [4.78, 5) is 0. The van der Waals surface area contributed by atoms with E-state index in [4.69, 9.17) is 5.21 Å². The van der Waals surface area contributed by atoms with Gasteiger partial charge < -0.3 is 5.21 Å². The summed E-state index contributed by atoms with van der Waals surface area (Å²) in [6, 6.07) is 10.1. The molecule has 1 N–H and O–H groups in total. The lowest BCUT2D eigenvalue weighted by molar-refractivity contribution is 0.319. The SMILES string of the molecule is CCC[C@H](/C=N/O)c1ccccc1. The average molecular weight is 177 g/mol. The van der Waals surface area contributed by atoms with Gasteiger partial charge in [-0.1, -0.05) is 43.7 Å². The third-order valence-corrected chi connectivity index (χ3v) is 2.07. The molecular weight excluding hydrogens is 162 g/mol. The van der Waals surface area contributed by atoms with Crippen LogP contribution < -0.4 is 0 Å². The van der Waals surface area contributed by atoms with Crippen molar-refractivity contribution in [2.75, 3.05) is 0 Å². The quantitative estimate of drug-likeness (QED) is 0.428. The van der Waals surface area contributed by atoms with Crippen LogP contribution in [0.1, 0.15) is 31.2 Å². The van der Waals surface area contributed by atoms with Crippen molar-refractivity contribution >= 4 is 6.21 Å². The molecule has 0 fully saturated rings. The van der Waals surface area contributed by atoms with E-state index >= 15 is 0 Å². The highest BCUT2D eigenvalue weighted by Crippen LogP contribution is 2.18. The Kier molecular flexibility index (Phi) is 4.03. The van der Waals surface area contributed by atoms with E-state index in [9.17, 15) is 0 Å². The lowest BCUT2D eigenvalue weighted by Crippen LogP contribution is -1.99. The van der Waals surface area contributed by atoms with Gasteiger partial charge in [0.05, 0.1) is 6.21 Å². The number of rotatable bonds is 4. The molecule has 2 heteroatoms. The van der Waals surface area contributed by atoms with Crippen molar-refractivity contribution in [3.8, 4) is 0 Å². The Morgan fingerprint density at radius 3 is 2.62 bits per heavy atom. The summed E-state index contributed by atoms with van der Waals surface area (Å²) in [6.45, 7) is 2.13. The van der Waals surface area contributed by atoms with Gasteiger partial charge in [-0.3, -0.25) is 0 Å². The molecule has 70 valence electrons. The van der Waals surface area contributed by atoms with Gasteiger partial charge in [-0.25, -0.2) is 0 Å². The molecule has 2 nitrogen and oxygen atoms in total. The molecule has 0 aromatic heterocycles. The van der Waals surface area contributed by atoms with Gasteiger partial charge in [0, 0.05) is 5.92 Å². The van der Waals surface area contributed by atoms with Gasteiger partial charge in [-0.05, 0) is 12.0 Å². The number of hydrogen-bond acceptors (Lipinski definition) is 2. The van der Waals surface area contributed by atoms with Crippen LogP contribution in [0.3, 0.4) is 0 Å². The molecule has 0 spiro atoms. The summed E-state index contributed by atoms with van der Waals surface area (Å²) in [6.07, 6.45) is 3.71. The van der Waals surface area contributed by atoms with Crippen LogP contribution in [0.4, 0.5) is 0 Å². The van der Waals surface area contributed by atoms with Crippen LogP contribution in [0.25, 0.3) is 0 Å². The van der Waals surface area contributed by atoms with Crippen LogP contribution in [0.2, 0.25) is 0 Å². The molecule has 0 aliphatic rings. The van der Waals surface area contributed by atoms with Crippen LogP contribution in [0, 0.1) is 0 Å². The highest BCUT2D eigenvalue weighted by atomic mass is 16.4. The van der Waals surface area contributed by atoms with Crippen molar-refractivity contribution in [2.45, 2.75) is 25.7 Å². The van der Waals surface area contributed by atoms with Crippen LogP contribution in [-0.4, -0.2) is 11.4 Å². The van der Waals surface area contributed by atoms with E-state index in [-0.39, 0.29) is 5.92 Å². The first-order valence-corrected chi connectivity index (χ1v) is 4.61. The van der Waals surface area contributed by atoms with Gasteiger partial charge in [0.1, 0.15) is 0 Å². The average Bonchev–Trinajstić information content (AvgIpc) is 2.19. The highest BCUT2D eigenvalue weighted by molar-refractivity contribution is 5.67. The molecular formula is C11H15NO. The lowest BCUT2D eigenvalue weighted by atomic mass is 9.96. The number of nitrogens with zero attached hydrogens (tertiary/aromatic N) is 1. The van der Waals surface area contributed by atoms with Crippen LogP contribution >= 0.6 is 0 Å². The molecule has 1 atom stereocenters. The third-order valence-electron chi connectivity index (χ3n) is 2.07. The summed E-state index contributed by atoms with van der Waals surface area (Å²) >= 11 is 0. The predicted molar refractivity (Wildman–Crippen MR) is 54.4 cm³/mol. The topological polar surface area (TPSA) is 32.6 Å². The minimum absolute atomic E-state index is 0.246. The first kappa shape index (κ1) is 9.78. The van der Waals surface area contributed by atoms with E-state index in [0.717, 1.165) is 12.8 Å². The van der Waals surface area contributed by atoms with Crippen molar-refractivity contribution in [3.63, 3.8) is 0 Å². The normalized spacial score (nSPS) is 13.3. The molecule has 1 aromatic rings. The summed E-state index contributed by atoms with van der Waals surface area (Å²) in [5.41, 5.74) is 1.21. The third kappa shape index (κ3) is 2.90. The van der Waals surface area contributed by atoms with Gasteiger partial charge in [-0.15, -0.1) is 5.16 Å². The van der Waals surface area contributed by atoms with Crippen LogP contribution in [0.15, 0.2) is 35.5 Å². The maximum atomic E-state index is 8.49. The smallest absolute Gasteiger partial charge is 0.0510 e. The minimum Gasteiger partial charge on any atom is -0.411 e. The number of benzene rings is 1. The molecule has 0 radical (unpaired) electrons. The zero-order chi connectivity index (χ0) is 9.52. The molecule has 0 saturated heterocycles. The van der Waals surface area contributed by atoms with Gasteiger partial charge in [0.25, 0.3) is 0 Å². The Labute approximate surface area is 78.9 Å². The van der Waals surface area contributed by atoms with Crippen molar-refractivity contribution in [3.05, 3.63) is 35.9 Å². The lowest BCUT2D eigenvalue weighted by Gasteiger charge is -2.09. The second kappa shape index (κ2) is 5.36. The zero-order valence-electron chi connectivity index (χ0n) is 7.85. The number of oxime groups is 1. The van der Waals surface area contributed by atoms with E-state index in [1.807, 2.05) is 18.2 Å². The summed E-state index contributed by atoms with van der Waals surface area (Å²) in [5, 5.41) is 11.6. The standard InChI is InChI=1S/C11H15NO/c1-2-6-11(9-12-13)10-7-4-3-5-8-10/h3-5,7-9,11,13H,2,6H2,1H3/b12-9+/t11-/m1/s1. The largest absolute Gasteiger partial charge is 0.411 e. The summed E-state index contributed by atoms with van der Waals surface area (Å²) in [5.74, 6) is 0.246. The molecule has 0 saturated carbocycles. The van der Waals surface area contributed by atoms with Crippen molar-refractivity contribution in [1.29, 1.82) is 0 Å². The van der Waals surface area contributed by atoms with E-state index in [0.29, 0.717) is 0 Å². The van der Waals surface area contributed by atoms with Crippen molar-refractivity contribution in [1.82, 2.24) is 0 Å². The molecule has 13 heavy (non-hydrogen) atoms. The number of hydrogen-bond donors (Lipinski definition) is 1.